The molecule has 0 bridgehead atoms. The van der Waals surface area contributed by atoms with Crippen LogP contribution in [0.4, 0.5) is 0 Å². The predicted molar refractivity (Wildman–Crippen MR) is 94.4 cm³/mol. The molecule has 1 aromatic rings. The van der Waals surface area contributed by atoms with Gasteiger partial charge in [0.05, 0.1) is 18.6 Å². The molecule has 0 aromatic carbocycles. The van der Waals surface area contributed by atoms with Gasteiger partial charge in [-0.05, 0) is 18.9 Å². The van der Waals surface area contributed by atoms with Crippen molar-refractivity contribution in [3.05, 3.63) is 18.2 Å². The second-order valence-corrected chi connectivity index (χ2v) is 13.2. The fourth-order valence-corrected chi connectivity index (χ4v) is 3.40. The minimum atomic E-state index is -1.13. The first-order valence-corrected chi connectivity index (χ1v) is 12.1. The van der Waals surface area contributed by atoms with Crippen molar-refractivity contribution in [2.75, 3.05) is 13.2 Å². The van der Waals surface area contributed by atoms with E-state index in [0.29, 0.717) is 32.0 Å². The highest BCUT2D eigenvalue weighted by molar-refractivity contribution is 6.76. The van der Waals surface area contributed by atoms with Crippen LogP contribution in [0.25, 0.3) is 0 Å². The zero-order chi connectivity index (χ0) is 17.7. The zero-order valence-corrected chi connectivity index (χ0v) is 15.7. The van der Waals surface area contributed by atoms with Gasteiger partial charge in [-0.1, -0.05) is 19.6 Å². The molecule has 0 aliphatic carbocycles. The summed E-state index contributed by atoms with van der Waals surface area (Å²) in [6.45, 7) is 8.51. The third-order valence-electron chi connectivity index (χ3n) is 4.23. The van der Waals surface area contributed by atoms with Crippen molar-refractivity contribution in [2.45, 2.75) is 51.3 Å². The molecule has 2 heterocycles. The number of aromatic nitrogens is 2. The highest BCUT2D eigenvalue weighted by Gasteiger charge is 2.29. The van der Waals surface area contributed by atoms with Gasteiger partial charge in [-0.15, -0.1) is 0 Å². The van der Waals surface area contributed by atoms with Crippen molar-refractivity contribution in [1.82, 2.24) is 14.9 Å². The molecule has 0 radical (unpaired) electrons. The summed E-state index contributed by atoms with van der Waals surface area (Å²) < 4.78 is 7.36. The maximum absolute atomic E-state index is 12.5. The number of amides is 1. The lowest BCUT2D eigenvalue weighted by atomic mass is 9.95. The van der Waals surface area contributed by atoms with Gasteiger partial charge in [0.15, 0.2) is 5.78 Å². The van der Waals surface area contributed by atoms with Crippen LogP contribution in [-0.2, 0) is 16.3 Å². The molecular weight excluding hydrogens is 324 g/mol. The van der Waals surface area contributed by atoms with Crippen LogP contribution < -0.4 is 11.1 Å². The van der Waals surface area contributed by atoms with Gasteiger partial charge in [0, 0.05) is 27.1 Å². The Morgan fingerprint density at radius 1 is 1.54 bits per heavy atom. The van der Waals surface area contributed by atoms with Gasteiger partial charge in [-0.3, -0.25) is 9.59 Å². The number of hydrogen-bond donors (Lipinski definition) is 2. The Morgan fingerprint density at radius 2 is 2.29 bits per heavy atom. The summed E-state index contributed by atoms with van der Waals surface area (Å²) in [7, 11) is -1.13. The summed E-state index contributed by atoms with van der Waals surface area (Å²) in [6, 6.07) is 0.373. The summed E-state index contributed by atoms with van der Waals surface area (Å²) in [6.07, 6.45) is 4.20. The number of carbonyl (C=O) groups excluding carboxylic acids is 2. The first-order chi connectivity index (χ1) is 11.3. The van der Waals surface area contributed by atoms with E-state index >= 15 is 0 Å². The number of rotatable bonds is 9. The second-order valence-electron chi connectivity index (χ2n) is 7.58. The van der Waals surface area contributed by atoms with E-state index in [1.807, 2.05) is 0 Å². The Morgan fingerprint density at radius 3 is 2.92 bits per heavy atom. The molecule has 2 rings (SSSR count). The monoisotopic (exact) mass is 352 g/mol. The molecule has 1 amide bonds. The number of Topliss-reactive ketones (excluding diaryl/α,β-unsaturated/α-hetero) is 1. The van der Waals surface area contributed by atoms with Crippen LogP contribution >= 0.6 is 0 Å². The van der Waals surface area contributed by atoms with E-state index in [0.717, 1.165) is 12.5 Å². The molecule has 8 heteroatoms. The van der Waals surface area contributed by atoms with Crippen molar-refractivity contribution < 1.29 is 14.3 Å². The highest BCUT2D eigenvalue weighted by Crippen LogP contribution is 2.17. The Kier molecular flexibility index (Phi) is 6.31. The molecule has 1 fully saturated rings. The van der Waals surface area contributed by atoms with Crippen molar-refractivity contribution in [1.29, 1.82) is 0 Å². The van der Waals surface area contributed by atoms with E-state index in [-0.39, 0.29) is 17.6 Å². The van der Waals surface area contributed by atoms with Crippen LogP contribution in [-0.4, -0.2) is 48.5 Å². The molecule has 1 saturated heterocycles. The first kappa shape index (κ1) is 18.8. The third kappa shape index (κ3) is 5.25. The molecule has 0 saturated carbocycles. The average molecular weight is 353 g/mol. The molecular formula is C16H28N4O3Si. The number of carbonyl (C=O) groups is 2. The average Bonchev–Trinajstić information content (AvgIpc) is 3.11. The molecule has 2 atom stereocenters. The second kappa shape index (κ2) is 8.04. The number of imidazole rings is 1. The number of ketones is 1. The van der Waals surface area contributed by atoms with Crippen LogP contribution in [0.3, 0.4) is 0 Å². The van der Waals surface area contributed by atoms with Crippen molar-refractivity contribution >= 4 is 19.8 Å². The van der Waals surface area contributed by atoms with E-state index in [1.54, 1.807) is 10.9 Å². The van der Waals surface area contributed by atoms with E-state index in [4.69, 9.17) is 10.5 Å². The summed E-state index contributed by atoms with van der Waals surface area (Å²) in [5, 5.41) is 2.77. The van der Waals surface area contributed by atoms with Gasteiger partial charge in [-0.2, -0.15) is 0 Å². The zero-order valence-electron chi connectivity index (χ0n) is 14.7. The summed E-state index contributed by atoms with van der Waals surface area (Å²) in [5.41, 5.74) is 6.46. The van der Waals surface area contributed by atoms with Gasteiger partial charge in [-0.25, -0.2) is 4.98 Å². The number of ether oxygens (including phenoxy) is 1. The van der Waals surface area contributed by atoms with Gasteiger partial charge in [0.25, 0.3) is 0 Å². The number of hydrogen-bond acceptors (Lipinski definition) is 5. The van der Waals surface area contributed by atoms with Gasteiger partial charge in [0.2, 0.25) is 5.91 Å². The quantitative estimate of drug-likeness (QED) is 0.396. The topological polar surface area (TPSA) is 99.2 Å². The van der Waals surface area contributed by atoms with E-state index in [1.165, 1.54) is 6.20 Å². The van der Waals surface area contributed by atoms with E-state index in [2.05, 4.69) is 29.9 Å². The lowest BCUT2D eigenvalue weighted by Crippen LogP contribution is -2.35. The van der Waals surface area contributed by atoms with E-state index < -0.39 is 14.1 Å². The molecule has 1 unspecified atom stereocenters. The van der Waals surface area contributed by atoms with Crippen molar-refractivity contribution in [2.24, 2.45) is 11.7 Å². The van der Waals surface area contributed by atoms with Crippen molar-refractivity contribution in [3.8, 4) is 0 Å². The molecule has 1 aliphatic rings. The summed E-state index contributed by atoms with van der Waals surface area (Å²) >= 11 is 0. The maximum Gasteiger partial charge on any atom is 0.223 e. The Bertz CT molecular complexity index is 582. The first-order valence-electron chi connectivity index (χ1n) is 8.43. The van der Waals surface area contributed by atoms with E-state index in [9.17, 15) is 9.59 Å². The molecule has 134 valence electrons. The molecule has 1 aromatic heterocycles. The lowest BCUT2D eigenvalue weighted by Gasteiger charge is -2.17. The third-order valence-corrected chi connectivity index (χ3v) is 5.93. The van der Waals surface area contributed by atoms with Crippen LogP contribution in [0.1, 0.15) is 23.3 Å². The summed E-state index contributed by atoms with van der Waals surface area (Å²) in [5.74, 6) is -0.379. The standard InChI is InChI=1S/C16H28N4O3Si/c1-24(2,3)7-6-23-11-20-10-18-9-14(20)15(21)13(17)8-12-4-5-19-16(12)22/h9-10,12-13H,4-8,11,17H2,1-3H3,(H,19,22)/t12-,13?/m0/s1. The van der Waals surface area contributed by atoms with Crippen LogP contribution in [0.15, 0.2) is 12.5 Å². The van der Waals surface area contributed by atoms with Crippen LogP contribution in [0.2, 0.25) is 25.7 Å². The van der Waals surface area contributed by atoms with Gasteiger partial charge < -0.3 is 20.4 Å². The Hall–Kier alpha value is -1.51. The maximum atomic E-state index is 12.5. The molecule has 7 nitrogen and oxygen atoms in total. The minimum Gasteiger partial charge on any atom is -0.361 e. The fourth-order valence-electron chi connectivity index (χ4n) is 2.64. The van der Waals surface area contributed by atoms with Gasteiger partial charge >= 0.3 is 0 Å². The number of nitrogens with one attached hydrogen (secondary N) is 1. The SMILES string of the molecule is C[Si](C)(C)CCOCn1cncc1C(=O)C(N)C[C@@H]1CCNC1=O. The summed E-state index contributed by atoms with van der Waals surface area (Å²) in [4.78, 5) is 28.2. The molecule has 3 N–H and O–H groups in total. The number of nitrogens with two attached hydrogens (primary N) is 1. The number of nitrogens with zero attached hydrogens (tertiary/aromatic N) is 2. The van der Waals surface area contributed by atoms with Crippen LogP contribution in [0.5, 0.6) is 0 Å². The highest BCUT2D eigenvalue weighted by atomic mass is 28.3. The fraction of sp³-hybridized carbons (Fsp3) is 0.688. The van der Waals surface area contributed by atoms with Crippen molar-refractivity contribution in [3.63, 3.8) is 0 Å². The lowest BCUT2D eigenvalue weighted by molar-refractivity contribution is -0.122. The smallest absolute Gasteiger partial charge is 0.223 e. The Balaban J connectivity index is 1.88. The molecule has 1 aliphatic heterocycles. The van der Waals surface area contributed by atoms with Crippen LogP contribution in [0, 0.1) is 5.92 Å². The predicted octanol–water partition coefficient (Wildman–Crippen LogP) is 1.23. The normalized spacial score (nSPS) is 19.3. The largest absolute Gasteiger partial charge is 0.361 e. The van der Waals surface area contributed by atoms with Gasteiger partial charge in [0.1, 0.15) is 12.4 Å². The molecule has 0 spiro atoms. The minimum absolute atomic E-state index is 0.0126. The molecule has 24 heavy (non-hydrogen) atoms. The Labute approximate surface area is 144 Å².